The summed E-state index contributed by atoms with van der Waals surface area (Å²) in [6.45, 7) is 0. The van der Waals surface area contributed by atoms with E-state index in [0.29, 0.717) is 5.56 Å². The molecule has 0 spiro atoms. The van der Waals surface area contributed by atoms with Crippen molar-refractivity contribution in [3.63, 3.8) is 0 Å². The minimum absolute atomic E-state index is 0.00758. The number of hydrogen-bond donors (Lipinski definition) is 2. The summed E-state index contributed by atoms with van der Waals surface area (Å²) in [6.07, 6.45) is 2.75. The number of aromatic hydroxyl groups is 1. The molecule has 5 heteroatoms. The predicted molar refractivity (Wildman–Crippen MR) is 71.3 cm³/mol. The summed E-state index contributed by atoms with van der Waals surface area (Å²) in [5.74, 6) is -0.232. The Kier molecular flexibility index (Phi) is 2.74. The highest BCUT2D eigenvalue weighted by Gasteiger charge is 2.26. The molecule has 1 heterocycles. The second-order valence-electron chi connectivity index (χ2n) is 4.78. The molecule has 0 unspecified atom stereocenters. The topological polar surface area (TPSA) is 75.1 Å². The average Bonchev–Trinajstić information content (AvgIpc) is 2.33. The maximum Gasteiger partial charge on any atom is 0.331 e. The van der Waals surface area contributed by atoms with Crippen LogP contribution in [0.4, 0.5) is 0 Å². The van der Waals surface area contributed by atoms with Gasteiger partial charge in [-0.25, -0.2) is 4.79 Å². The second kappa shape index (κ2) is 4.42. The summed E-state index contributed by atoms with van der Waals surface area (Å²) in [5, 5.41) is 10.3. The highest BCUT2D eigenvalue weighted by atomic mass is 16.3. The van der Waals surface area contributed by atoms with Gasteiger partial charge < -0.3 is 5.11 Å². The van der Waals surface area contributed by atoms with Crippen LogP contribution in [-0.2, 0) is 0 Å². The van der Waals surface area contributed by atoms with Crippen LogP contribution in [-0.4, -0.2) is 14.7 Å². The lowest BCUT2D eigenvalue weighted by Gasteiger charge is -2.28. The molecule has 1 aromatic heterocycles. The molecule has 0 bridgehead atoms. The number of benzene rings is 1. The molecule has 98 valence electrons. The highest BCUT2D eigenvalue weighted by Crippen LogP contribution is 2.35. The van der Waals surface area contributed by atoms with Crippen LogP contribution in [0.5, 0.6) is 5.88 Å². The van der Waals surface area contributed by atoms with E-state index in [-0.39, 0.29) is 17.5 Å². The molecule has 0 radical (unpaired) electrons. The van der Waals surface area contributed by atoms with Crippen molar-refractivity contribution in [1.82, 2.24) is 9.55 Å². The Morgan fingerprint density at radius 2 is 1.84 bits per heavy atom. The average molecular weight is 258 g/mol. The molecule has 1 fully saturated rings. The second-order valence-corrected chi connectivity index (χ2v) is 4.78. The van der Waals surface area contributed by atoms with Gasteiger partial charge >= 0.3 is 5.69 Å². The van der Waals surface area contributed by atoms with Gasteiger partial charge in [-0.05, 0) is 24.8 Å². The van der Waals surface area contributed by atoms with Crippen molar-refractivity contribution in [2.45, 2.75) is 25.3 Å². The maximum atomic E-state index is 11.9. The predicted octanol–water partition coefficient (Wildman–Crippen LogP) is 1.63. The first-order chi connectivity index (χ1) is 9.18. The molecule has 2 aromatic rings. The van der Waals surface area contributed by atoms with E-state index in [1.807, 2.05) is 6.07 Å². The molecule has 0 aliphatic heterocycles. The van der Waals surface area contributed by atoms with Crippen molar-refractivity contribution >= 4 is 0 Å². The summed E-state index contributed by atoms with van der Waals surface area (Å²) in [6, 6.07) is 8.86. The van der Waals surface area contributed by atoms with Gasteiger partial charge in [0.15, 0.2) is 0 Å². The van der Waals surface area contributed by atoms with E-state index in [1.165, 1.54) is 4.57 Å². The molecule has 3 rings (SSSR count). The zero-order chi connectivity index (χ0) is 13.4. The lowest BCUT2D eigenvalue weighted by molar-refractivity contribution is 0.267. The van der Waals surface area contributed by atoms with E-state index in [1.54, 1.807) is 24.3 Å². The van der Waals surface area contributed by atoms with Crippen molar-refractivity contribution < 1.29 is 5.11 Å². The third-order valence-corrected chi connectivity index (χ3v) is 3.62. The Balaban J connectivity index is 2.25. The Bertz CT molecular complexity index is 712. The third-order valence-electron chi connectivity index (χ3n) is 3.62. The van der Waals surface area contributed by atoms with Crippen LogP contribution in [0, 0.1) is 0 Å². The smallest absolute Gasteiger partial charge is 0.331 e. The first-order valence-corrected chi connectivity index (χ1v) is 6.31. The molecule has 1 aliphatic carbocycles. The molecule has 0 amide bonds. The third kappa shape index (κ3) is 1.87. The van der Waals surface area contributed by atoms with E-state index in [9.17, 15) is 14.7 Å². The lowest BCUT2D eigenvalue weighted by atomic mass is 9.92. The zero-order valence-electron chi connectivity index (χ0n) is 10.3. The standard InChI is InChI=1S/C14H14N2O3/c17-12-11(9-5-2-1-3-6-9)13(18)16(14(19)15-12)10-7-4-8-10/h1-3,5-6,10,18H,4,7-8H2,(H,15,17,19). The number of nitrogens with one attached hydrogen (secondary N) is 1. The van der Waals surface area contributed by atoms with Crippen LogP contribution >= 0.6 is 0 Å². The van der Waals surface area contributed by atoms with Crippen molar-refractivity contribution in [2.75, 3.05) is 0 Å². The molecule has 1 aliphatic rings. The molecule has 2 N–H and O–H groups in total. The van der Waals surface area contributed by atoms with Gasteiger partial charge in [0, 0.05) is 6.04 Å². The monoisotopic (exact) mass is 258 g/mol. The number of rotatable bonds is 2. The van der Waals surface area contributed by atoms with Gasteiger partial charge in [0.25, 0.3) is 5.56 Å². The number of aromatic amines is 1. The number of hydrogen-bond acceptors (Lipinski definition) is 3. The van der Waals surface area contributed by atoms with Crippen molar-refractivity contribution in [3.05, 3.63) is 51.2 Å². The highest BCUT2D eigenvalue weighted by molar-refractivity contribution is 5.67. The molecule has 1 aromatic carbocycles. The van der Waals surface area contributed by atoms with Gasteiger partial charge in [0.05, 0.1) is 0 Å². The summed E-state index contributed by atoms with van der Waals surface area (Å²) >= 11 is 0. The number of aromatic nitrogens is 2. The SMILES string of the molecule is O=c1[nH]c(=O)n(C2CCC2)c(O)c1-c1ccccc1. The van der Waals surface area contributed by atoms with E-state index >= 15 is 0 Å². The van der Waals surface area contributed by atoms with Crippen LogP contribution in [0.1, 0.15) is 25.3 Å². The summed E-state index contributed by atoms with van der Waals surface area (Å²) in [4.78, 5) is 26.0. The van der Waals surface area contributed by atoms with E-state index < -0.39 is 11.2 Å². The van der Waals surface area contributed by atoms with Crippen LogP contribution in [0.3, 0.4) is 0 Å². The van der Waals surface area contributed by atoms with Crippen LogP contribution < -0.4 is 11.2 Å². The largest absolute Gasteiger partial charge is 0.494 e. The van der Waals surface area contributed by atoms with Gasteiger partial charge in [-0.3, -0.25) is 14.3 Å². The Morgan fingerprint density at radius 1 is 1.16 bits per heavy atom. The van der Waals surface area contributed by atoms with Crippen molar-refractivity contribution in [3.8, 4) is 17.0 Å². The van der Waals surface area contributed by atoms with Crippen molar-refractivity contribution in [2.24, 2.45) is 0 Å². The fourth-order valence-corrected chi connectivity index (χ4v) is 2.39. The van der Waals surface area contributed by atoms with Crippen molar-refractivity contribution in [1.29, 1.82) is 0 Å². The van der Waals surface area contributed by atoms with Crippen LogP contribution in [0.25, 0.3) is 11.1 Å². The molecular formula is C14H14N2O3. The Labute approximate surface area is 109 Å². The molecular weight excluding hydrogens is 244 g/mol. The van der Waals surface area contributed by atoms with Crippen LogP contribution in [0.2, 0.25) is 0 Å². The molecule has 19 heavy (non-hydrogen) atoms. The minimum atomic E-state index is -0.552. The lowest BCUT2D eigenvalue weighted by Crippen LogP contribution is -2.35. The van der Waals surface area contributed by atoms with Gasteiger partial charge in [-0.15, -0.1) is 0 Å². The normalized spacial score (nSPS) is 15.2. The minimum Gasteiger partial charge on any atom is -0.494 e. The fraction of sp³-hybridized carbons (Fsp3) is 0.286. The van der Waals surface area contributed by atoms with Gasteiger partial charge in [0.1, 0.15) is 5.56 Å². The summed E-state index contributed by atoms with van der Waals surface area (Å²) < 4.78 is 1.30. The molecule has 5 nitrogen and oxygen atoms in total. The Morgan fingerprint density at radius 3 is 2.42 bits per heavy atom. The number of H-pyrrole nitrogens is 1. The zero-order valence-corrected chi connectivity index (χ0v) is 10.3. The van der Waals surface area contributed by atoms with Gasteiger partial charge in [-0.1, -0.05) is 30.3 Å². The van der Waals surface area contributed by atoms with E-state index in [2.05, 4.69) is 4.98 Å². The quantitative estimate of drug-likeness (QED) is 0.859. The molecule has 1 saturated carbocycles. The summed E-state index contributed by atoms with van der Waals surface area (Å²) in [5.41, 5.74) is -0.322. The van der Waals surface area contributed by atoms with Gasteiger partial charge in [0.2, 0.25) is 5.88 Å². The van der Waals surface area contributed by atoms with E-state index in [0.717, 1.165) is 19.3 Å². The molecule has 0 saturated heterocycles. The Hall–Kier alpha value is -2.30. The first kappa shape index (κ1) is 11.8. The fourth-order valence-electron chi connectivity index (χ4n) is 2.39. The van der Waals surface area contributed by atoms with Crippen LogP contribution in [0.15, 0.2) is 39.9 Å². The maximum absolute atomic E-state index is 11.9. The number of nitrogens with zero attached hydrogens (tertiary/aromatic N) is 1. The summed E-state index contributed by atoms with van der Waals surface area (Å²) in [7, 11) is 0. The molecule has 0 atom stereocenters. The van der Waals surface area contributed by atoms with E-state index in [4.69, 9.17) is 0 Å². The first-order valence-electron chi connectivity index (χ1n) is 6.31. The van der Waals surface area contributed by atoms with Gasteiger partial charge in [-0.2, -0.15) is 0 Å².